The molecule has 0 heterocycles. The van der Waals surface area contributed by atoms with Crippen LogP contribution in [-0.4, -0.2) is 25.0 Å². The van der Waals surface area contributed by atoms with E-state index in [1.54, 1.807) is 37.5 Å². The largest absolute Gasteiger partial charge is 0.497 e. The molecule has 0 radical (unpaired) electrons. The first-order valence-electron chi connectivity index (χ1n) is 9.40. The van der Waals surface area contributed by atoms with E-state index < -0.39 is 6.04 Å². The Kier molecular flexibility index (Phi) is 7.99. The van der Waals surface area contributed by atoms with Gasteiger partial charge in [-0.2, -0.15) is 5.26 Å². The molecule has 0 bridgehead atoms. The van der Waals surface area contributed by atoms with Crippen LogP contribution >= 0.6 is 0 Å². The summed E-state index contributed by atoms with van der Waals surface area (Å²) in [5.41, 5.74) is 1.94. The van der Waals surface area contributed by atoms with Gasteiger partial charge in [0.05, 0.1) is 18.7 Å². The van der Waals surface area contributed by atoms with E-state index in [9.17, 15) is 9.59 Å². The average molecular weight is 391 g/mol. The number of nitrogens with one attached hydrogen (secondary N) is 2. The van der Waals surface area contributed by atoms with Crippen LogP contribution in [0.25, 0.3) is 6.08 Å². The van der Waals surface area contributed by atoms with E-state index in [0.29, 0.717) is 11.3 Å². The van der Waals surface area contributed by atoms with E-state index in [1.165, 1.54) is 6.08 Å². The third-order valence-corrected chi connectivity index (χ3v) is 4.62. The van der Waals surface area contributed by atoms with Gasteiger partial charge in [-0.1, -0.05) is 32.4 Å². The maximum Gasteiger partial charge on any atom is 0.247 e. The van der Waals surface area contributed by atoms with E-state index in [1.807, 2.05) is 44.2 Å². The Morgan fingerprint density at radius 2 is 1.79 bits per heavy atom. The van der Waals surface area contributed by atoms with E-state index in [4.69, 9.17) is 10.00 Å². The molecule has 2 aromatic carbocycles. The average Bonchev–Trinajstić information content (AvgIpc) is 2.76. The molecule has 0 aliphatic rings. The smallest absolute Gasteiger partial charge is 0.247 e. The Morgan fingerprint density at radius 1 is 1.14 bits per heavy atom. The van der Waals surface area contributed by atoms with Crippen LogP contribution in [0.1, 0.15) is 31.4 Å². The summed E-state index contributed by atoms with van der Waals surface area (Å²) in [5.74, 6) is 0.0472. The van der Waals surface area contributed by atoms with Gasteiger partial charge in [0, 0.05) is 11.8 Å². The molecule has 6 heteroatoms. The number of carbonyl (C=O) groups excluding carboxylic acids is 2. The minimum Gasteiger partial charge on any atom is -0.497 e. The second-order valence-corrected chi connectivity index (χ2v) is 6.66. The highest BCUT2D eigenvalue weighted by Gasteiger charge is 2.25. The van der Waals surface area contributed by atoms with Crippen molar-refractivity contribution in [2.24, 2.45) is 5.92 Å². The highest BCUT2D eigenvalue weighted by atomic mass is 16.5. The molecular formula is C23H25N3O3. The summed E-state index contributed by atoms with van der Waals surface area (Å²) in [6.07, 6.45) is 3.82. The molecule has 0 saturated heterocycles. The first-order valence-corrected chi connectivity index (χ1v) is 9.40. The van der Waals surface area contributed by atoms with Gasteiger partial charge in [0.25, 0.3) is 0 Å². The van der Waals surface area contributed by atoms with Crippen molar-refractivity contribution in [2.75, 3.05) is 12.4 Å². The predicted molar refractivity (Wildman–Crippen MR) is 113 cm³/mol. The molecule has 0 unspecified atom stereocenters. The topological polar surface area (TPSA) is 91.2 Å². The molecule has 2 amide bonds. The number of benzene rings is 2. The summed E-state index contributed by atoms with van der Waals surface area (Å²) < 4.78 is 5.11. The molecule has 150 valence electrons. The highest BCUT2D eigenvalue weighted by Crippen LogP contribution is 2.14. The summed E-state index contributed by atoms with van der Waals surface area (Å²) in [6.45, 7) is 3.88. The van der Waals surface area contributed by atoms with Crippen LogP contribution in [0.2, 0.25) is 0 Å². The van der Waals surface area contributed by atoms with Gasteiger partial charge in [0.2, 0.25) is 11.8 Å². The summed E-state index contributed by atoms with van der Waals surface area (Å²) in [7, 11) is 1.59. The summed E-state index contributed by atoms with van der Waals surface area (Å²) in [4.78, 5) is 25.1. The molecular weight excluding hydrogens is 366 g/mol. The van der Waals surface area contributed by atoms with Gasteiger partial charge < -0.3 is 15.4 Å². The Balaban J connectivity index is 2.04. The van der Waals surface area contributed by atoms with Crippen molar-refractivity contribution >= 4 is 23.6 Å². The van der Waals surface area contributed by atoms with Gasteiger partial charge in [-0.25, -0.2) is 0 Å². The van der Waals surface area contributed by atoms with Crippen LogP contribution in [0.15, 0.2) is 54.6 Å². The molecule has 0 aliphatic carbocycles. The van der Waals surface area contributed by atoms with Crippen LogP contribution < -0.4 is 15.4 Å². The normalized spacial score (nSPS) is 12.6. The third kappa shape index (κ3) is 6.51. The molecule has 0 spiro atoms. The fourth-order valence-electron chi connectivity index (χ4n) is 2.64. The summed E-state index contributed by atoms with van der Waals surface area (Å²) in [5, 5.41) is 14.5. The minimum atomic E-state index is -0.677. The Hall–Kier alpha value is -3.59. The van der Waals surface area contributed by atoms with Crippen molar-refractivity contribution in [3.05, 3.63) is 65.7 Å². The van der Waals surface area contributed by atoms with E-state index >= 15 is 0 Å². The first kappa shape index (κ1) is 21.7. The van der Waals surface area contributed by atoms with E-state index in [0.717, 1.165) is 17.7 Å². The fourth-order valence-corrected chi connectivity index (χ4v) is 2.64. The molecule has 2 atom stereocenters. The van der Waals surface area contributed by atoms with Crippen LogP contribution in [0, 0.1) is 17.2 Å². The zero-order valence-electron chi connectivity index (χ0n) is 16.8. The maximum absolute atomic E-state index is 12.7. The maximum atomic E-state index is 12.7. The quantitative estimate of drug-likeness (QED) is 0.671. The highest BCUT2D eigenvalue weighted by molar-refractivity contribution is 6.00. The van der Waals surface area contributed by atoms with Crippen LogP contribution in [0.4, 0.5) is 5.69 Å². The number of anilines is 1. The Morgan fingerprint density at radius 3 is 2.34 bits per heavy atom. The van der Waals surface area contributed by atoms with E-state index in [2.05, 4.69) is 10.6 Å². The number of nitriles is 1. The van der Waals surface area contributed by atoms with Crippen molar-refractivity contribution in [1.82, 2.24) is 5.32 Å². The van der Waals surface area contributed by atoms with Crippen molar-refractivity contribution in [1.29, 1.82) is 5.26 Å². The molecule has 2 aromatic rings. The van der Waals surface area contributed by atoms with Crippen molar-refractivity contribution in [3.8, 4) is 11.8 Å². The second kappa shape index (κ2) is 10.7. The molecule has 0 aromatic heterocycles. The number of carbonyl (C=O) groups is 2. The second-order valence-electron chi connectivity index (χ2n) is 6.66. The lowest BCUT2D eigenvalue weighted by molar-refractivity contribution is -0.125. The molecule has 2 N–H and O–H groups in total. The zero-order valence-corrected chi connectivity index (χ0v) is 16.8. The first-order chi connectivity index (χ1) is 14.0. The lowest BCUT2D eigenvalue weighted by Crippen LogP contribution is -2.47. The molecule has 29 heavy (non-hydrogen) atoms. The number of nitrogens with zero attached hydrogens (tertiary/aromatic N) is 1. The molecule has 6 nitrogen and oxygen atoms in total. The van der Waals surface area contributed by atoms with Gasteiger partial charge in [-0.15, -0.1) is 0 Å². The van der Waals surface area contributed by atoms with Gasteiger partial charge in [-0.05, 0) is 54.0 Å². The van der Waals surface area contributed by atoms with Crippen LogP contribution in [-0.2, 0) is 9.59 Å². The molecule has 2 rings (SSSR count). The van der Waals surface area contributed by atoms with Gasteiger partial charge in [-0.3, -0.25) is 9.59 Å². The number of ether oxygens (including phenoxy) is 1. The van der Waals surface area contributed by atoms with Crippen molar-refractivity contribution in [2.45, 2.75) is 26.3 Å². The summed E-state index contributed by atoms with van der Waals surface area (Å²) >= 11 is 0. The SMILES string of the molecule is CC[C@H](C)[C@H](NC(=O)/C=C/c1ccc(OC)cc1)C(=O)Nc1ccc(C#N)cc1. The molecule has 0 aliphatic heterocycles. The van der Waals surface area contributed by atoms with E-state index in [-0.39, 0.29) is 17.7 Å². The number of methoxy groups -OCH3 is 1. The van der Waals surface area contributed by atoms with Crippen molar-refractivity contribution < 1.29 is 14.3 Å². The predicted octanol–water partition coefficient (Wildman–Crippen LogP) is 3.75. The lowest BCUT2D eigenvalue weighted by Gasteiger charge is -2.23. The number of hydrogen-bond donors (Lipinski definition) is 2. The van der Waals surface area contributed by atoms with Gasteiger partial charge >= 0.3 is 0 Å². The zero-order chi connectivity index (χ0) is 21.2. The van der Waals surface area contributed by atoms with Crippen LogP contribution in [0.5, 0.6) is 5.75 Å². The van der Waals surface area contributed by atoms with Crippen LogP contribution in [0.3, 0.4) is 0 Å². The molecule has 0 fully saturated rings. The number of hydrogen-bond acceptors (Lipinski definition) is 4. The Labute approximate surface area is 171 Å². The monoisotopic (exact) mass is 391 g/mol. The number of amides is 2. The number of rotatable bonds is 8. The van der Waals surface area contributed by atoms with Crippen molar-refractivity contribution in [3.63, 3.8) is 0 Å². The van der Waals surface area contributed by atoms with Gasteiger partial charge in [0.15, 0.2) is 0 Å². The fraction of sp³-hybridized carbons (Fsp3) is 0.261. The standard InChI is InChI=1S/C23H25N3O3/c1-4-16(2)22(23(28)25-19-10-5-18(15-24)6-11-19)26-21(27)14-9-17-7-12-20(29-3)13-8-17/h5-14,16,22H,4H2,1-3H3,(H,25,28)(H,26,27)/b14-9+/t16-,22-/m0/s1. The minimum absolute atomic E-state index is 0.0493. The third-order valence-electron chi connectivity index (χ3n) is 4.62. The molecule has 0 saturated carbocycles. The Bertz CT molecular complexity index is 896. The summed E-state index contributed by atoms with van der Waals surface area (Å²) in [6, 6.07) is 15.2. The van der Waals surface area contributed by atoms with Gasteiger partial charge in [0.1, 0.15) is 11.8 Å². The lowest BCUT2D eigenvalue weighted by atomic mass is 9.98.